The van der Waals surface area contributed by atoms with Crippen molar-refractivity contribution in [3.63, 3.8) is 0 Å². The van der Waals surface area contributed by atoms with Crippen molar-refractivity contribution in [3.8, 4) is 0 Å². The van der Waals surface area contributed by atoms with Crippen LogP contribution in [0.2, 0.25) is 0 Å². The molecule has 0 amide bonds. The largest absolute Gasteiger partial charge is 0.357 e. The Labute approximate surface area is 117 Å². The van der Waals surface area contributed by atoms with Crippen molar-refractivity contribution in [2.75, 3.05) is 24.5 Å². The number of rotatable bonds is 5. The highest BCUT2D eigenvalue weighted by molar-refractivity contribution is 5.41. The minimum atomic E-state index is 0.497. The molecule has 1 aromatic rings. The first kappa shape index (κ1) is 14.3. The summed E-state index contributed by atoms with van der Waals surface area (Å²) in [5, 5.41) is 3.45. The number of aromatic nitrogens is 1. The van der Waals surface area contributed by atoms with E-state index in [-0.39, 0.29) is 0 Å². The maximum Gasteiger partial charge on any atom is 0.128 e. The third kappa shape index (κ3) is 4.20. The smallest absolute Gasteiger partial charge is 0.128 e. The number of nitrogens with zero attached hydrogens (tertiary/aromatic N) is 2. The van der Waals surface area contributed by atoms with E-state index < -0.39 is 0 Å². The lowest BCUT2D eigenvalue weighted by Gasteiger charge is -2.37. The molecule has 0 radical (unpaired) electrons. The monoisotopic (exact) mass is 261 g/mol. The lowest BCUT2D eigenvalue weighted by Crippen LogP contribution is -2.37. The second kappa shape index (κ2) is 6.38. The zero-order chi connectivity index (χ0) is 13.7. The van der Waals surface area contributed by atoms with Crippen molar-refractivity contribution in [1.29, 1.82) is 0 Å². The van der Waals surface area contributed by atoms with Crippen molar-refractivity contribution in [2.24, 2.45) is 5.41 Å². The van der Waals surface area contributed by atoms with Crippen LogP contribution in [0.4, 0.5) is 5.82 Å². The Balaban J connectivity index is 1.95. The van der Waals surface area contributed by atoms with Gasteiger partial charge >= 0.3 is 0 Å². The average molecular weight is 261 g/mol. The van der Waals surface area contributed by atoms with Gasteiger partial charge in [-0.25, -0.2) is 4.98 Å². The van der Waals surface area contributed by atoms with E-state index in [2.05, 4.69) is 48.1 Å². The predicted octanol–water partition coefficient (Wildman–Crippen LogP) is 3.21. The lowest BCUT2D eigenvalue weighted by atomic mass is 9.83. The molecule has 2 heterocycles. The van der Waals surface area contributed by atoms with Gasteiger partial charge in [-0.05, 0) is 48.9 Å². The molecule has 1 fully saturated rings. The van der Waals surface area contributed by atoms with E-state index in [9.17, 15) is 0 Å². The predicted molar refractivity (Wildman–Crippen MR) is 81.5 cm³/mol. The van der Waals surface area contributed by atoms with Crippen molar-refractivity contribution >= 4 is 5.82 Å². The summed E-state index contributed by atoms with van der Waals surface area (Å²) in [4.78, 5) is 6.96. The number of hydrogen-bond donors (Lipinski definition) is 1. The Kier molecular flexibility index (Phi) is 4.81. The summed E-state index contributed by atoms with van der Waals surface area (Å²) in [6.07, 6.45) is 5.64. The van der Waals surface area contributed by atoms with Gasteiger partial charge in [-0.15, -0.1) is 0 Å². The number of nitrogens with one attached hydrogen (secondary N) is 1. The first-order valence-electron chi connectivity index (χ1n) is 7.51. The van der Waals surface area contributed by atoms with Crippen molar-refractivity contribution < 1.29 is 0 Å². The van der Waals surface area contributed by atoms with Gasteiger partial charge in [0.2, 0.25) is 0 Å². The summed E-state index contributed by atoms with van der Waals surface area (Å²) in [6, 6.07) is 4.35. The Morgan fingerprint density at radius 1 is 1.32 bits per heavy atom. The summed E-state index contributed by atoms with van der Waals surface area (Å²) in [6.45, 7) is 11.2. The molecule has 1 saturated heterocycles. The summed E-state index contributed by atoms with van der Waals surface area (Å²) in [5.74, 6) is 1.14. The fourth-order valence-corrected chi connectivity index (χ4v) is 2.49. The van der Waals surface area contributed by atoms with E-state index in [0.717, 1.165) is 32.0 Å². The normalized spacial score (nSPS) is 18.6. The molecule has 3 nitrogen and oxygen atoms in total. The Morgan fingerprint density at radius 2 is 2.05 bits per heavy atom. The standard InChI is InChI=1S/C16H27N3/c1-4-8-17-13-14-5-9-18-15(12-14)19-10-6-16(2,3)7-11-19/h5,9,12,17H,4,6-8,10-11,13H2,1-3H3. The molecular weight excluding hydrogens is 234 g/mol. The fraction of sp³-hybridized carbons (Fsp3) is 0.688. The van der Waals surface area contributed by atoms with Gasteiger partial charge in [-0.3, -0.25) is 0 Å². The van der Waals surface area contributed by atoms with Crippen LogP contribution in [0.5, 0.6) is 0 Å². The molecule has 1 N–H and O–H groups in total. The topological polar surface area (TPSA) is 28.2 Å². The molecule has 1 aliphatic rings. The van der Waals surface area contributed by atoms with Crippen LogP contribution in [0, 0.1) is 5.41 Å². The van der Waals surface area contributed by atoms with Crippen LogP contribution in [0.1, 0.15) is 45.6 Å². The number of anilines is 1. The highest BCUT2D eigenvalue weighted by Crippen LogP contribution is 2.31. The van der Waals surface area contributed by atoms with Gasteiger partial charge in [-0.2, -0.15) is 0 Å². The van der Waals surface area contributed by atoms with Gasteiger partial charge in [0, 0.05) is 25.8 Å². The molecular formula is C16H27N3. The van der Waals surface area contributed by atoms with Crippen molar-refractivity contribution in [1.82, 2.24) is 10.3 Å². The minimum absolute atomic E-state index is 0.497. The molecule has 0 aromatic carbocycles. The summed E-state index contributed by atoms with van der Waals surface area (Å²) >= 11 is 0. The molecule has 3 heteroatoms. The SMILES string of the molecule is CCCNCc1ccnc(N2CCC(C)(C)CC2)c1. The number of pyridine rings is 1. The van der Waals surface area contributed by atoms with E-state index in [0.29, 0.717) is 5.41 Å². The molecule has 0 unspecified atom stereocenters. The van der Waals surface area contributed by atoms with Gasteiger partial charge in [0.1, 0.15) is 5.82 Å². The molecule has 2 rings (SSSR count). The van der Waals surface area contributed by atoms with E-state index in [1.807, 2.05) is 6.20 Å². The molecule has 0 bridgehead atoms. The maximum atomic E-state index is 4.54. The molecule has 106 valence electrons. The van der Waals surface area contributed by atoms with Gasteiger partial charge < -0.3 is 10.2 Å². The molecule has 0 atom stereocenters. The Morgan fingerprint density at radius 3 is 2.74 bits per heavy atom. The molecule has 1 aliphatic heterocycles. The van der Waals surface area contributed by atoms with Crippen molar-refractivity contribution in [2.45, 2.75) is 46.6 Å². The zero-order valence-corrected chi connectivity index (χ0v) is 12.6. The number of piperidine rings is 1. The fourth-order valence-electron chi connectivity index (χ4n) is 2.49. The van der Waals surface area contributed by atoms with E-state index in [4.69, 9.17) is 0 Å². The van der Waals surface area contributed by atoms with Crippen LogP contribution >= 0.6 is 0 Å². The third-order valence-corrected chi connectivity index (χ3v) is 4.01. The van der Waals surface area contributed by atoms with Crippen LogP contribution < -0.4 is 10.2 Å². The van der Waals surface area contributed by atoms with E-state index in [1.54, 1.807) is 0 Å². The average Bonchev–Trinajstić information content (AvgIpc) is 2.39. The summed E-state index contributed by atoms with van der Waals surface area (Å²) in [5.41, 5.74) is 1.83. The van der Waals surface area contributed by atoms with Gasteiger partial charge in [0.05, 0.1) is 0 Å². The quantitative estimate of drug-likeness (QED) is 0.825. The molecule has 0 spiro atoms. The first-order chi connectivity index (χ1) is 9.11. The van der Waals surface area contributed by atoms with Crippen LogP contribution in [-0.4, -0.2) is 24.6 Å². The molecule has 19 heavy (non-hydrogen) atoms. The van der Waals surface area contributed by atoms with Gasteiger partial charge in [-0.1, -0.05) is 20.8 Å². The van der Waals surface area contributed by atoms with Gasteiger partial charge in [0.15, 0.2) is 0 Å². The molecule has 0 aliphatic carbocycles. The zero-order valence-electron chi connectivity index (χ0n) is 12.6. The number of hydrogen-bond acceptors (Lipinski definition) is 3. The van der Waals surface area contributed by atoms with E-state index >= 15 is 0 Å². The first-order valence-corrected chi connectivity index (χ1v) is 7.51. The van der Waals surface area contributed by atoms with Crippen LogP contribution in [0.15, 0.2) is 18.3 Å². The van der Waals surface area contributed by atoms with E-state index in [1.165, 1.54) is 24.8 Å². The van der Waals surface area contributed by atoms with Crippen LogP contribution in [0.3, 0.4) is 0 Å². The Bertz CT molecular complexity index is 391. The Hall–Kier alpha value is -1.09. The summed E-state index contributed by atoms with van der Waals surface area (Å²) < 4.78 is 0. The second-order valence-electron chi connectivity index (χ2n) is 6.35. The van der Waals surface area contributed by atoms with Crippen LogP contribution in [0.25, 0.3) is 0 Å². The van der Waals surface area contributed by atoms with Gasteiger partial charge in [0.25, 0.3) is 0 Å². The summed E-state index contributed by atoms with van der Waals surface area (Å²) in [7, 11) is 0. The second-order valence-corrected chi connectivity index (χ2v) is 6.35. The molecule has 0 saturated carbocycles. The highest BCUT2D eigenvalue weighted by atomic mass is 15.2. The lowest BCUT2D eigenvalue weighted by molar-refractivity contribution is 0.279. The molecule has 1 aromatic heterocycles. The highest BCUT2D eigenvalue weighted by Gasteiger charge is 2.25. The minimum Gasteiger partial charge on any atom is -0.357 e. The third-order valence-electron chi connectivity index (χ3n) is 4.01. The van der Waals surface area contributed by atoms with Crippen LogP contribution in [-0.2, 0) is 6.54 Å². The maximum absolute atomic E-state index is 4.54. The van der Waals surface area contributed by atoms with Crippen molar-refractivity contribution in [3.05, 3.63) is 23.9 Å².